The van der Waals surface area contributed by atoms with E-state index in [9.17, 15) is 18.0 Å². The highest BCUT2D eigenvalue weighted by atomic mass is 19.4. The number of hydrogen-bond donors (Lipinski definition) is 0. The predicted octanol–water partition coefficient (Wildman–Crippen LogP) is 4.66. The van der Waals surface area contributed by atoms with Crippen LogP contribution >= 0.6 is 0 Å². The molecule has 1 saturated carbocycles. The minimum atomic E-state index is -4.39. The maximum Gasteiger partial charge on any atom is 0.417 e. The van der Waals surface area contributed by atoms with Gasteiger partial charge in [0.2, 0.25) is 5.88 Å². The molecule has 8 heteroatoms. The predicted molar refractivity (Wildman–Crippen MR) is 92.4 cm³/mol. The van der Waals surface area contributed by atoms with Gasteiger partial charge in [0.05, 0.1) is 5.56 Å². The van der Waals surface area contributed by atoms with E-state index in [1.54, 1.807) is 4.90 Å². The Hall–Kier alpha value is -1.99. The molecule has 1 spiro atoms. The molecule has 27 heavy (non-hydrogen) atoms. The van der Waals surface area contributed by atoms with Gasteiger partial charge in [-0.2, -0.15) is 13.2 Å². The molecule has 0 radical (unpaired) electrons. The monoisotopic (exact) mass is 386 g/mol. The van der Waals surface area contributed by atoms with E-state index < -0.39 is 17.3 Å². The molecule has 0 atom stereocenters. The standard InChI is InChI=1S/C19H25F3N2O3/c1-17(2,3)27-16(25)24-8-6-18(7-9-24)10-14(11-18)26-15-5-4-13(12-23-15)19(20,21)22/h4-5,12,14H,6-11H2,1-3H3. The fourth-order valence-electron chi connectivity index (χ4n) is 3.68. The third-order valence-electron chi connectivity index (χ3n) is 5.15. The molecule has 2 heterocycles. The van der Waals surface area contributed by atoms with Crippen LogP contribution in [0.4, 0.5) is 18.0 Å². The lowest BCUT2D eigenvalue weighted by Crippen LogP contribution is -2.52. The maximum absolute atomic E-state index is 12.6. The molecule has 1 amide bonds. The first-order chi connectivity index (χ1) is 12.5. The molecule has 2 aliphatic rings. The largest absolute Gasteiger partial charge is 0.474 e. The molecule has 0 unspecified atom stereocenters. The number of alkyl halides is 3. The Morgan fingerprint density at radius 2 is 1.81 bits per heavy atom. The van der Waals surface area contributed by atoms with Crippen LogP contribution < -0.4 is 4.74 Å². The van der Waals surface area contributed by atoms with E-state index in [0.29, 0.717) is 13.1 Å². The van der Waals surface area contributed by atoms with Gasteiger partial charge in [-0.05, 0) is 57.9 Å². The van der Waals surface area contributed by atoms with Crippen LogP contribution in [0.5, 0.6) is 5.88 Å². The number of aromatic nitrogens is 1. The molecule has 2 fully saturated rings. The van der Waals surface area contributed by atoms with Gasteiger partial charge in [-0.25, -0.2) is 9.78 Å². The number of rotatable bonds is 2. The molecule has 1 aromatic heterocycles. The number of nitrogens with zero attached hydrogens (tertiary/aromatic N) is 2. The second-order valence-corrected chi connectivity index (χ2v) is 8.50. The minimum absolute atomic E-state index is 0.0395. The average molecular weight is 386 g/mol. The van der Waals surface area contributed by atoms with E-state index in [1.807, 2.05) is 20.8 Å². The molecule has 1 saturated heterocycles. The summed E-state index contributed by atoms with van der Waals surface area (Å²) in [6.45, 7) is 6.85. The van der Waals surface area contributed by atoms with Crippen molar-refractivity contribution in [3.05, 3.63) is 23.9 Å². The van der Waals surface area contributed by atoms with Gasteiger partial charge in [-0.1, -0.05) is 0 Å². The number of amides is 1. The van der Waals surface area contributed by atoms with Crippen LogP contribution in [0.1, 0.15) is 52.0 Å². The highest BCUT2D eigenvalue weighted by Gasteiger charge is 2.48. The smallest absolute Gasteiger partial charge is 0.417 e. The van der Waals surface area contributed by atoms with Gasteiger partial charge >= 0.3 is 12.3 Å². The summed E-state index contributed by atoms with van der Waals surface area (Å²) in [7, 11) is 0. The number of piperidine rings is 1. The first kappa shape index (κ1) is 19.8. The number of ether oxygens (including phenoxy) is 2. The zero-order chi connectivity index (χ0) is 19.9. The van der Waals surface area contributed by atoms with Gasteiger partial charge in [0.1, 0.15) is 11.7 Å². The Morgan fingerprint density at radius 3 is 2.30 bits per heavy atom. The van der Waals surface area contributed by atoms with Crippen LogP contribution in [-0.2, 0) is 10.9 Å². The number of halogens is 3. The molecule has 3 rings (SSSR count). The lowest BCUT2D eigenvalue weighted by molar-refractivity contribution is -0.137. The van der Waals surface area contributed by atoms with Gasteiger partial charge in [0, 0.05) is 25.4 Å². The van der Waals surface area contributed by atoms with Crippen molar-refractivity contribution < 1.29 is 27.4 Å². The fraction of sp³-hybridized carbons (Fsp3) is 0.684. The Balaban J connectivity index is 1.45. The minimum Gasteiger partial charge on any atom is -0.474 e. The van der Waals surface area contributed by atoms with E-state index in [0.717, 1.165) is 37.9 Å². The van der Waals surface area contributed by atoms with Gasteiger partial charge in [0.15, 0.2) is 0 Å². The molecule has 1 aromatic rings. The Bertz CT molecular complexity index is 667. The van der Waals surface area contributed by atoms with E-state index in [4.69, 9.17) is 9.47 Å². The lowest BCUT2D eigenvalue weighted by atomic mass is 9.61. The first-order valence-electron chi connectivity index (χ1n) is 9.14. The molecule has 5 nitrogen and oxygen atoms in total. The number of likely N-dealkylation sites (tertiary alicyclic amines) is 1. The maximum atomic E-state index is 12.6. The van der Waals surface area contributed by atoms with Crippen molar-refractivity contribution in [2.24, 2.45) is 5.41 Å². The van der Waals surface area contributed by atoms with Crippen LogP contribution in [0, 0.1) is 5.41 Å². The second kappa shape index (κ2) is 6.87. The summed E-state index contributed by atoms with van der Waals surface area (Å²) >= 11 is 0. The van der Waals surface area contributed by atoms with Crippen LogP contribution in [0.2, 0.25) is 0 Å². The van der Waals surface area contributed by atoms with Gasteiger partial charge in [0.25, 0.3) is 0 Å². The van der Waals surface area contributed by atoms with Crippen molar-refractivity contribution in [3.8, 4) is 5.88 Å². The SMILES string of the molecule is CC(C)(C)OC(=O)N1CCC2(CC1)CC(Oc1ccc(C(F)(F)F)cn1)C2. The summed E-state index contributed by atoms with van der Waals surface area (Å²) in [5, 5.41) is 0. The van der Waals surface area contributed by atoms with E-state index >= 15 is 0 Å². The highest BCUT2D eigenvalue weighted by Crippen LogP contribution is 2.50. The van der Waals surface area contributed by atoms with Crippen molar-refractivity contribution >= 4 is 6.09 Å². The summed E-state index contributed by atoms with van der Waals surface area (Å²) in [6, 6.07) is 2.25. The summed E-state index contributed by atoms with van der Waals surface area (Å²) in [5.41, 5.74) is -1.14. The summed E-state index contributed by atoms with van der Waals surface area (Å²) < 4.78 is 48.8. The Kier molecular flexibility index (Phi) is 5.03. The molecular weight excluding hydrogens is 361 g/mol. The molecule has 150 valence electrons. The van der Waals surface area contributed by atoms with Gasteiger partial charge < -0.3 is 14.4 Å². The van der Waals surface area contributed by atoms with Crippen molar-refractivity contribution in [2.75, 3.05) is 13.1 Å². The molecule has 0 N–H and O–H groups in total. The zero-order valence-electron chi connectivity index (χ0n) is 15.8. The Labute approximate surface area is 156 Å². The summed E-state index contributed by atoms with van der Waals surface area (Å²) in [5.74, 6) is 0.217. The van der Waals surface area contributed by atoms with Crippen LogP contribution in [0.3, 0.4) is 0 Å². The lowest BCUT2D eigenvalue weighted by Gasteiger charge is -2.51. The number of carbonyl (C=O) groups is 1. The number of hydrogen-bond acceptors (Lipinski definition) is 4. The molecule has 0 aromatic carbocycles. The quantitative estimate of drug-likeness (QED) is 0.742. The topological polar surface area (TPSA) is 51.7 Å². The van der Waals surface area contributed by atoms with Crippen molar-refractivity contribution in [1.82, 2.24) is 9.88 Å². The fourth-order valence-corrected chi connectivity index (χ4v) is 3.68. The molecule has 1 aliphatic heterocycles. The highest BCUT2D eigenvalue weighted by molar-refractivity contribution is 5.68. The molecule has 0 bridgehead atoms. The van der Waals surface area contributed by atoms with E-state index in [1.165, 1.54) is 6.07 Å². The molecule has 1 aliphatic carbocycles. The van der Waals surface area contributed by atoms with E-state index in [-0.39, 0.29) is 23.5 Å². The van der Waals surface area contributed by atoms with Gasteiger partial charge in [-0.3, -0.25) is 0 Å². The van der Waals surface area contributed by atoms with Gasteiger partial charge in [-0.15, -0.1) is 0 Å². The Morgan fingerprint density at radius 1 is 1.19 bits per heavy atom. The van der Waals surface area contributed by atoms with Crippen molar-refractivity contribution in [1.29, 1.82) is 0 Å². The first-order valence-corrected chi connectivity index (χ1v) is 9.14. The second-order valence-electron chi connectivity index (χ2n) is 8.50. The number of carbonyl (C=O) groups excluding carboxylic acids is 1. The number of pyridine rings is 1. The van der Waals surface area contributed by atoms with Crippen LogP contribution in [0.25, 0.3) is 0 Å². The zero-order valence-corrected chi connectivity index (χ0v) is 15.8. The van der Waals surface area contributed by atoms with Crippen molar-refractivity contribution in [2.45, 2.75) is 64.3 Å². The van der Waals surface area contributed by atoms with Crippen LogP contribution in [0.15, 0.2) is 18.3 Å². The van der Waals surface area contributed by atoms with E-state index in [2.05, 4.69) is 4.98 Å². The normalized spacial score (nSPS) is 20.3. The summed E-state index contributed by atoms with van der Waals surface area (Å²) in [6.07, 6.45) is -0.493. The third-order valence-corrected chi connectivity index (χ3v) is 5.15. The average Bonchev–Trinajstić information content (AvgIpc) is 2.52. The third kappa shape index (κ3) is 4.84. The van der Waals surface area contributed by atoms with Crippen molar-refractivity contribution in [3.63, 3.8) is 0 Å². The van der Waals surface area contributed by atoms with Crippen LogP contribution in [-0.4, -0.2) is 40.8 Å². The summed E-state index contributed by atoms with van der Waals surface area (Å²) in [4.78, 5) is 17.6. The molecular formula is C19H25F3N2O3.